The van der Waals surface area contributed by atoms with Crippen LogP contribution in [0.5, 0.6) is 0 Å². The van der Waals surface area contributed by atoms with Gasteiger partial charge in [-0.05, 0) is 30.5 Å². The van der Waals surface area contributed by atoms with Crippen molar-refractivity contribution in [2.45, 2.75) is 0 Å². The van der Waals surface area contributed by atoms with E-state index in [0.29, 0.717) is 16.5 Å². The van der Waals surface area contributed by atoms with Gasteiger partial charge in [0, 0.05) is 5.69 Å². The SMILES string of the molecule is COC(=O)Nc1ccc(N=C(NC#N)SC)cc1. The Labute approximate surface area is 109 Å². The summed E-state index contributed by atoms with van der Waals surface area (Å²) < 4.78 is 4.47. The molecule has 0 heterocycles. The van der Waals surface area contributed by atoms with Crippen molar-refractivity contribution in [1.29, 1.82) is 5.26 Å². The number of nitrogens with zero attached hydrogens (tertiary/aromatic N) is 2. The van der Waals surface area contributed by atoms with E-state index in [0.717, 1.165) is 0 Å². The number of ether oxygens (including phenoxy) is 1. The van der Waals surface area contributed by atoms with Crippen LogP contribution in [0, 0.1) is 11.5 Å². The molecule has 7 heteroatoms. The number of nitrogens with one attached hydrogen (secondary N) is 2. The first-order chi connectivity index (χ1) is 8.69. The Morgan fingerprint density at radius 3 is 2.61 bits per heavy atom. The topological polar surface area (TPSA) is 86.5 Å². The second kappa shape index (κ2) is 7.19. The van der Waals surface area contributed by atoms with Gasteiger partial charge in [0.1, 0.15) is 0 Å². The minimum Gasteiger partial charge on any atom is -0.453 e. The highest BCUT2D eigenvalue weighted by molar-refractivity contribution is 8.13. The molecule has 0 aliphatic heterocycles. The molecule has 0 aliphatic carbocycles. The summed E-state index contributed by atoms with van der Waals surface area (Å²) in [6, 6.07) is 6.83. The lowest BCUT2D eigenvalue weighted by Gasteiger charge is -2.04. The molecule has 0 aliphatic rings. The Bertz CT molecular complexity index is 479. The summed E-state index contributed by atoms with van der Waals surface area (Å²) in [7, 11) is 1.30. The zero-order valence-corrected chi connectivity index (χ0v) is 10.7. The van der Waals surface area contributed by atoms with Crippen molar-refractivity contribution in [2.24, 2.45) is 4.99 Å². The fraction of sp³-hybridized carbons (Fsp3) is 0.182. The van der Waals surface area contributed by atoms with Gasteiger partial charge in [0.15, 0.2) is 11.4 Å². The van der Waals surface area contributed by atoms with Crippen molar-refractivity contribution in [1.82, 2.24) is 5.32 Å². The minimum atomic E-state index is -0.526. The highest BCUT2D eigenvalue weighted by Gasteiger charge is 2.00. The van der Waals surface area contributed by atoms with E-state index in [1.807, 2.05) is 12.4 Å². The van der Waals surface area contributed by atoms with Crippen LogP contribution >= 0.6 is 11.8 Å². The van der Waals surface area contributed by atoms with E-state index < -0.39 is 6.09 Å². The van der Waals surface area contributed by atoms with Gasteiger partial charge in [-0.25, -0.2) is 9.79 Å². The number of hydrogen-bond donors (Lipinski definition) is 2. The van der Waals surface area contributed by atoms with E-state index >= 15 is 0 Å². The number of amidine groups is 1. The average Bonchev–Trinajstić information content (AvgIpc) is 2.40. The average molecular weight is 264 g/mol. The molecule has 1 aromatic carbocycles. The van der Waals surface area contributed by atoms with Crippen LogP contribution in [0.1, 0.15) is 0 Å². The van der Waals surface area contributed by atoms with E-state index in [1.165, 1.54) is 18.9 Å². The van der Waals surface area contributed by atoms with Gasteiger partial charge < -0.3 is 4.74 Å². The third-order valence-electron chi connectivity index (χ3n) is 1.89. The maximum absolute atomic E-state index is 11.0. The monoisotopic (exact) mass is 264 g/mol. The molecular weight excluding hydrogens is 252 g/mol. The first-order valence-corrected chi connectivity index (χ1v) is 6.15. The molecule has 0 saturated carbocycles. The van der Waals surface area contributed by atoms with Gasteiger partial charge in [-0.3, -0.25) is 10.6 Å². The highest BCUT2D eigenvalue weighted by atomic mass is 32.2. The maximum Gasteiger partial charge on any atom is 0.411 e. The van der Waals surface area contributed by atoms with Crippen molar-refractivity contribution in [3.05, 3.63) is 24.3 Å². The zero-order valence-electron chi connectivity index (χ0n) is 9.93. The molecule has 2 N–H and O–H groups in total. The number of anilines is 1. The molecular formula is C11H12N4O2S. The molecule has 0 spiro atoms. The Hall–Kier alpha value is -2.20. The van der Waals surface area contributed by atoms with Crippen LogP contribution in [0.4, 0.5) is 16.2 Å². The van der Waals surface area contributed by atoms with Crippen LogP contribution in [0.25, 0.3) is 0 Å². The van der Waals surface area contributed by atoms with Crippen LogP contribution < -0.4 is 10.6 Å². The van der Waals surface area contributed by atoms with Gasteiger partial charge in [-0.15, -0.1) is 0 Å². The molecule has 1 rings (SSSR count). The Morgan fingerprint density at radius 2 is 2.11 bits per heavy atom. The van der Waals surface area contributed by atoms with Gasteiger partial charge >= 0.3 is 6.09 Å². The summed E-state index contributed by atoms with van der Waals surface area (Å²) in [4.78, 5) is 15.2. The van der Waals surface area contributed by atoms with Crippen molar-refractivity contribution >= 4 is 34.4 Å². The van der Waals surface area contributed by atoms with Gasteiger partial charge in [0.25, 0.3) is 0 Å². The fourth-order valence-corrected chi connectivity index (χ4v) is 1.42. The number of thioether (sulfide) groups is 1. The molecule has 0 aromatic heterocycles. The first kappa shape index (κ1) is 13.9. The zero-order chi connectivity index (χ0) is 13.4. The third-order valence-corrected chi connectivity index (χ3v) is 2.47. The van der Waals surface area contributed by atoms with E-state index in [9.17, 15) is 4.79 Å². The first-order valence-electron chi connectivity index (χ1n) is 4.92. The highest BCUT2D eigenvalue weighted by Crippen LogP contribution is 2.17. The van der Waals surface area contributed by atoms with Crippen LogP contribution in [-0.4, -0.2) is 24.6 Å². The number of carbonyl (C=O) groups excluding carboxylic acids is 1. The Morgan fingerprint density at radius 1 is 1.44 bits per heavy atom. The van der Waals surface area contributed by atoms with Crippen LogP contribution in [0.15, 0.2) is 29.3 Å². The number of rotatable bonds is 2. The molecule has 0 atom stereocenters. The molecule has 0 saturated heterocycles. The summed E-state index contributed by atoms with van der Waals surface area (Å²) in [6.07, 6.45) is 3.10. The van der Waals surface area contributed by atoms with Crippen LogP contribution in [0.3, 0.4) is 0 Å². The molecule has 1 amide bonds. The van der Waals surface area contributed by atoms with E-state index in [-0.39, 0.29) is 0 Å². The predicted octanol–water partition coefficient (Wildman–Crippen LogP) is 2.29. The molecule has 94 valence electrons. The summed E-state index contributed by atoms with van der Waals surface area (Å²) >= 11 is 1.33. The Balaban J connectivity index is 2.76. The number of nitriles is 1. The number of hydrogen-bond acceptors (Lipinski definition) is 5. The molecule has 0 fully saturated rings. The normalized spacial score (nSPS) is 10.4. The van der Waals surface area contributed by atoms with Crippen molar-refractivity contribution in [2.75, 3.05) is 18.7 Å². The lowest BCUT2D eigenvalue weighted by atomic mass is 10.3. The largest absolute Gasteiger partial charge is 0.453 e. The van der Waals surface area contributed by atoms with Gasteiger partial charge in [0.2, 0.25) is 0 Å². The van der Waals surface area contributed by atoms with E-state index in [4.69, 9.17) is 5.26 Å². The third kappa shape index (κ3) is 4.35. The second-order valence-electron chi connectivity index (χ2n) is 3.02. The number of benzene rings is 1. The summed E-state index contributed by atoms with van der Waals surface area (Å²) in [5, 5.41) is 14.0. The van der Waals surface area contributed by atoms with Crippen LogP contribution in [0.2, 0.25) is 0 Å². The molecule has 6 nitrogen and oxygen atoms in total. The van der Waals surface area contributed by atoms with E-state index in [2.05, 4.69) is 20.4 Å². The summed E-state index contributed by atoms with van der Waals surface area (Å²) in [5.74, 6) is 0. The van der Waals surface area contributed by atoms with Crippen molar-refractivity contribution in [3.63, 3.8) is 0 Å². The lowest BCUT2D eigenvalue weighted by molar-refractivity contribution is 0.187. The maximum atomic E-state index is 11.0. The number of amides is 1. The predicted molar refractivity (Wildman–Crippen MR) is 71.8 cm³/mol. The van der Waals surface area contributed by atoms with Crippen molar-refractivity contribution in [3.8, 4) is 6.19 Å². The standard InChI is InChI=1S/C11H12N4O2S/c1-17-11(16)15-9-5-3-8(4-6-9)14-10(18-2)13-7-12/h3-6H,1-2H3,(H,13,14)(H,15,16). The number of carbonyl (C=O) groups is 1. The minimum absolute atomic E-state index is 0.506. The van der Waals surface area contributed by atoms with Gasteiger partial charge in [-0.1, -0.05) is 11.8 Å². The van der Waals surface area contributed by atoms with Gasteiger partial charge in [0.05, 0.1) is 12.8 Å². The van der Waals surface area contributed by atoms with E-state index in [1.54, 1.807) is 24.3 Å². The Kier molecular flexibility index (Phi) is 5.54. The van der Waals surface area contributed by atoms with Crippen LogP contribution in [-0.2, 0) is 4.74 Å². The van der Waals surface area contributed by atoms with Gasteiger partial charge in [-0.2, -0.15) is 5.26 Å². The van der Waals surface area contributed by atoms with Crippen molar-refractivity contribution < 1.29 is 9.53 Å². The lowest BCUT2D eigenvalue weighted by Crippen LogP contribution is -2.12. The molecule has 18 heavy (non-hydrogen) atoms. The smallest absolute Gasteiger partial charge is 0.411 e. The summed E-state index contributed by atoms with van der Waals surface area (Å²) in [6.45, 7) is 0. The molecule has 0 bridgehead atoms. The molecule has 1 aromatic rings. The fourth-order valence-electron chi connectivity index (χ4n) is 1.08. The summed E-state index contributed by atoms with van der Waals surface area (Å²) in [5.41, 5.74) is 1.29. The quantitative estimate of drug-likeness (QED) is 0.370. The number of aliphatic imine (C=N–C) groups is 1. The number of methoxy groups -OCH3 is 1. The molecule has 0 unspecified atom stereocenters. The second-order valence-corrected chi connectivity index (χ2v) is 3.82. The molecule has 0 radical (unpaired) electrons.